The summed E-state index contributed by atoms with van der Waals surface area (Å²) >= 11 is 0. The topological polar surface area (TPSA) is 31.0 Å². The van der Waals surface area contributed by atoms with E-state index in [1.165, 1.54) is 38.5 Å². The van der Waals surface area contributed by atoms with Gasteiger partial charge in [0.25, 0.3) is 0 Å². The Morgan fingerprint density at radius 1 is 1.00 bits per heavy atom. The van der Waals surface area contributed by atoms with Crippen LogP contribution in [-0.2, 0) is 14.2 Å². The zero-order valence-electron chi connectivity index (χ0n) is 17.2. The highest BCUT2D eigenvalue weighted by atomic mass is 16.7. The first kappa shape index (κ1) is 22.7. The lowest BCUT2D eigenvalue weighted by molar-refractivity contribution is -0.242. The van der Waals surface area contributed by atoms with Gasteiger partial charge in [0.1, 0.15) is 0 Å². The molecule has 0 spiro atoms. The highest BCUT2D eigenvalue weighted by Gasteiger charge is 2.43. The van der Waals surface area contributed by atoms with Crippen LogP contribution in [0.25, 0.3) is 0 Å². The molecule has 25 heavy (non-hydrogen) atoms. The van der Waals surface area contributed by atoms with Crippen molar-refractivity contribution in [3.8, 4) is 0 Å². The summed E-state index contributed by atoms with van der Waals surface area (Å²) in [5, 5.41) is 0. The second-order valence-electron chi connectivity index (χ2n) is 7.34. The summed E-state index contributed by atoms with van der Waals surface area (Å²) in [6, 6.07) is 0. The fraction of sp³-hybridized carbons (Fsp3) is 0.909. The Labute approximate surface area is 156 Å². The first-order valence-electron chi connectivity index (χ1n) is 10.7. The van der Waals surface area contributed by atoms with Gasteiger partial charge >= 0.3 is 0 Å². The zero-order chi connectivity index (χ0) is 18.5. The molecule has 3 heteroatoms. The lowest BCUT2D eigenvalue weighted by Gasteiger charge is -2.42. The molecule has 1 aliphatic rings. The molecule has 1 aliphatic heterocycles. The van der Waals surface area contributed by atoms with Crippen LogP contribution in [0.4, 0.5) is 0 Å². The minimum absolute atomic E-state index is 0.352. The number of unbranched alkanes of at least 4 members (excludes halogenated alkanes) is 4. The second kappa shape index (κ2) is 12.9. The Bertz CT molecular complexity index is 332. The molecular weight excluding hydrogens is 312 g/mol. The van der Waals surface area contributed by atoms with E-state index in [1.807, 2.05) is 19.9 Å². The van der Waals surface area contributed by atoms with Crippen LogP contribution < -0.4 is 0 Å². The van der Waals surface area contributed by atoms with Gasteiger partial charge in [0, 0.05) is 19.1 Å². The third-order valence-corrected chi connectivity index (χ3v) is 5.36. The van der Waals surface area contributed by atoms with E-state index < -0.39 is 5.79 Å². The predicted molar refractivity (Wildman–Crippen MR) is 106 cm³/mol. The van der Waals surface area contributed by atoms with Gasteiger partial charge in [-0.3, -0.25) is 0 Å². The fourth-order valence-corrected chi connectivity index (χ4v) is 4.09. The van der Waals surface area contributed by atoms with Gasteiger partial charge in [0.15, 0.2) is 5.79 Å². The first-order valence-corrected chi connectivity index (χ1v) is 10.7. The number of epoxide rings is 1. The van der Waals surface area contributed by atoms with Gasteiger partial charge in [0.05, 0.1) is 12.7 Å². The second-order valence-corrected chi connectivity index (χ2v) is 7.34. The third kappa shape index (κ3) is 7.80. The molecule has 0 N–H and O–H groups in total. The summed E-state index contributed by atoms with van der Waals surface area (Å²) in [7, 11) is 0. The van der Waals surface area contributed by atoms with Crippen molar-refractivity contribution >= 4 is 0 Å². The van der Waals surface area contributed by atoms with Crippen LogP contribution in [0.2, 0.25) is 0 Å². The van der Waals surface area contributed by atoms with Crippen molar-refractivity contribution in [2.24, 2.45) is 11.8 Å². The molecule has 1 fully saturated rings. The summed E-state index contributed by atoms with van der Waals surface area (Å²) in [6.45, 7) is 14.9. The molecule has 0 aromatic carbocycles. The van der Waals surface area contributed by atoms with E-state index in [1.54, 1.807) is 0 Å². The van der Waals surface area contributed by atoms with E-state index in [9.17, 15) is 0 Å². The summed E-state index contributed by atoms with van der Waals surface area (Å²) in [5.74, 6) is 0.276. The number of hydrogen-bond donors (Lipinski definition) is 0. The maximum absolute atomic E-state index is 6.18. The van der Waals surface area contributed by atoms with E-state index in [0.29, 0.717) is 31.2 Å². The summed E-state index contributed by atoms with van der Waals surface area (Å²) < 4.78 is 17.9. The average Bonchev–Trinajstić information content (AvgIpc) is 3.42. The van der Waals surface area contributed by atoms with Crippen molar-refractivity contribution in [2.45, 2.75) is 97.4 Å². The molecule has 3 unspecified atom stereocenters. The summed E-state index contributed by atoms with van der Waals surface area (Å²) in [4.78, 5) is 0. The molecule has 148 valence electrons. The average molecular weight is 355 g/mol. The fourth-order valence-electron chi connectivity index (χ4n) is 4.09. The van der Waals surface area contributed by atoms with E-state index in [4.69, 9.17) is 14.2 Å². The van der Waals surface area contributed by atoms with Crippen LogP contribution >= 0.6 is 0 Å². The van der Waals surface area contributed by atoms with Crippen molar-refractivity contribution < 1.29 is 14.2 Å². The highest BCUT2D eigenvalue weighted by molar-refractivity contribution is 4.98. The van der Waals surface area contributed by atoms with E-state index in [2.05, 4.69) is 20.4 Å². The van der Waals surface area contributed by atoms with Crippen LogP contribution in [0, 0.1) is 11.8 Å². The Morgan fingerprint density at radius 2 is 1.64 bits per heavy atom. The van der Waals surface area contributed by atoms with Gasteiger partial charge in [-0.1, -0.05) is 59.0 Å². The van der Waals surface area contributed by atoms with E-state index in [0.717, 1.165) is 25.9 Å². The molecule has 0 radical (unpaired) electrons. The lowest BCUT2D eigenvalue weighted by Crippen LogP contribution is -2.45. The van der Waals surface area contributed by atoms with Crippen molar-refractivity contribution in [1.82, 2.24) is 0 Å². The summed E-state index contributed by atoms with van der Waals surface area (Å²) in [5.41, 5.74) is 0. The standard InChI is InChI=1S/C22H42O3/c1-6-11-12-13-14-16-19(17-20-18-23-20)21(15-7-2)22(8-3,24-9-4)25-10-5/h8,19-21H,3,6-7,9-18H2,1-2,4-5H3. The maximum Gasteiger partial charge on any atom is 0.190 e. The monoisotopic (exact) mass is 354 g/mol. The van der Waals surface area contributed by atoms with E-state index in [-0.39, 0.29) is 0 Å². The number of hydrogen-bond acceptors (Lipinski definition) is 3. The molecule has 0 amide bonds. The molecule has 1 heterocycles. The Balaban J connectivity index is 2.84. The first-order chi connectivity index (χ1) is 12.2. The van der Waals surface area contributed by atoms with Gasteiger partial charge in [-0.15, -0.1) is 0 Å². The molecule has 0 bridgehead atoms. The minimum atomic E-state index is -0.650. The Hall–Kier alpha value is -0.380. The van der Waals surface area contributed by atoms with Crippen LogP contribution in [0.5, 0.6) is 0 Å². The Morgan fingerprint density at radius 3 is 2.12 bits per heavy atom. The predicted octanol–water partition coefficient (Wildman–Crippen LogP) is 6.12. The zero-order valence-corrected chi connectivity index (χ0v) is 17.2. The SMILES string of the molecule is C=CC(OCC)(OCC)C(CCC)C(CCCCCCC)CC1CO1. The molecule has 3 atom stereocenters. The number of rotatable bonds is 17. The van der Waals surface area contributed by atoms with Crippen LogP contribution in [-0.4, -0.2) is 31.7 Å². The summed E-state index contributed by atoms with van der Waals surface area (Å²) in [6.07, 6.45) is 13.6. The van der Waals surface area contributed by atoms with Gasteiger partial charge < -0.3 is 14.2 Å². The van der Waals surface area contributed by atoms with Crippen molar-refractivity contribution in [3.05, 3.63) is 12.7 Å². The Kier molecular flexibility index (Phi) is 11.7. The molecule has 0 aromatic heterocycles. The highest BCUT2D eigenvalue weighted by Crippen LogP contribution is 2.41. The largest absolute Gasteiger partial charge is 0.373 e. The van der Waals surface area contributed by atoms with E-state index >= 15 is 0 Å². The molecule has 1 rings (SSSR count). The molecular formula is C22H42O3. The lowest BCUT2D eigenvalue weighted by atomic mass is 9.76. The van der Waals surface area contributed by atoms with Gasteiger partial charge in [-0.25, -0.2) is 0 Å². The normalized spacial score (nSPS) is 19.6. The van der Waals surface area contributed by atoms with Crippen LogP contribution in [0.3, 0.4) is 0 Å². The quantitative estimate of drug-likeness (QED) is 0.136. The molecule has 0 saturated carbocycles. The van der Waals surface area contributed by atoms with Gasteiger partial charge in [0.2, 0.25) is 0 Å². The van der Waals surface area contributed by atoms with Crippen molar-refractivity contribution in [1.29, 1.82) is 0 Å². The molecule has 3 nitrogen and oxygen atoms in total. The van der Waals surface area contributed by atoms with Crippen molar-refractivity contribution in [3.63, 3.8) is 0 Å². The molecule has 0 aromatic rings. The third-order valence-electron chi connectivity index (χ3n) is 5.36. The van der Waals surface area contributed by atoms with Crippen LogP contribution in [0.15, 0.2) is 12.7 Å². The molecule has 0 aliphatic carbocycles. The van der Waals surface area contributed by atoms with Crippen LogP contribution in [0.1, 0.15) is 85.5 Å². The smallest absolute Gasteiger partial charge is 0.190 e. The van der Waals surface area contributed by atoms with Gasteiger partial charge in [-0.2, -0.15) is 0 Å². The van der Waals surface area contributed by atoms with Crippen molar-refractivity contribution in [2.75, 3.05) is 19.8 Å². The maximum atomic E-state index is 6.18. The molecule has 1 saturated heterocycles. The number of ether oxygens (including phenoxy) is 3. The minimum Gasteiger partial charge on any atom is -0.373 e. The van der Waals surface area contributed by atoms with Gasteiger partial charge in [-0.05, 0) is 45.1 Å².